The average Bonchev–Trinajstić information content (AvgIpc) is 2.95. The highest BCUT2D eigenvalue weighted by atomic mass is 15.3. The summed E-state index contributed by atoms with van der Waals surface area (Å²) in [6, 6.07) is 0.374. The van der Waals surface area contributed by atoms with Crippen LogP contribution in [0.4, 0.5) is 0 Å². The summed E-state index contributed by atoms with van der Waals surface area (Å²) in [4.78, 5) is 2.48. The fraction of sp³-hybridized carbons (Fsp3) is 0.846. The van der Waals surface area contributed by atoms with Gasteiger partial charge in [-0.1, -0.05) is 0 Å². The van der Waals surface area contributed by atoms with E-state index < -0.39 is 0 Å². The zero-order valence-corrected chi connectivity index (χ0v) is 11.2. The van der Waals surface area contributed by atoms with Gasteiger partial charge in [-0.25, -0.2) is 0 Å². The van der Waals surface area contributed by atoms with Gasteiger partial charge >= 0.3 is 0 Å². The summed E-state index contributed by atoms with van der Waals surface area (Å²) in [5.74, 6) is 2.84. The van der Waals surface area contributed by atoms with Crippen LogP contribution < -0.4 is 5.73 Å². The Kier molecular flexibility index (Phi) is 3.35. The van der Waals surface area contributed by atoms with Crippen LogP contribution in [-0.2, 0) is 13.1 Å². The second-order valence-electron chi connectivity index (χ2n) is 5.63. The highest BCUT2D eigenvalue weighted by molar-refractivity contribution is 5.08. The van der Waals surface area contributed by atoms with Crippen molar-refractivity contribution >= 4 is 0 Å². The first-order chi connectivity index (χ1) is 8.78. The van der Waals surface area contributed by atoms with Crippen LogP contribution in [0.2, 0.25) is 0 Å². The normalized spacial score (nSPS) is 28.6. The first kappa shape index (κ1) is 12.1. The van der Waals surface area contributed by atoms with Crippen LogP contribution in [0.25, 0.3) is 0 Å². The van der Waals surface area contributed by atoms with Crippen molar-refractivity contribution in [3.8, 4) is 0 Å². The number of likely N-dealkylation sites (tertiary alicyclic amines) is 1. The fourth-order valence-corrected chi connectivity index (χ4v) is 3.13. The van der Waals surface area contributed by atoms with Gasteiger partial charge in [0.25, 0.3) is 0 Å². The summed E-state index contributed by atoms with van der Waals surface area (Å²) in [7, 11) is 0. The van der Waals surface area contributed by atoms with Gasteiger partial charge in [0.05, 0.1) is 6.54 Å². The summed E-state index contributed by atoms with van der Waals surface area (Å²) >= 11 is 0. The van der Waals surface area contributed by atoms with Crippen LogP contribution in [0.1, 0.15) is 50.2 Å². The van der Waals surface area contributed by atoms with Gasteiger partial charge in [0.1, 0.15) is 11.6 Å². The number of nitrogens with zero attached hydrogens (tertiary/aromatic N) is 4. The molecule has 1 saturated carbocycles. The van der Waals surface area contributed by atoms with E-state index in [0.717, 1.165) is 37.6 Å². The van der Waals surface area contributed by atoms with Crippen molar-refractivity contribution in [3.63, 3.8) is 0 Å². The minimum absolute atomic E-state index is 0.374. The molecule has 2 N–H and O–H groups in total. The van der Waals surface area contributed by atoms with Crippen molar-refractivity contribution in [3.05, 3.63) is 11.6 Å². The predicted molar refractivity (Wildman–Crippen MR) is 70.2 cm³/mol. The highest BCUT2D eigenvalue weighted by Gasteiger charge is 2.32. The van der Waals surface area contributed by atoms with Crippen molar-refractivity contribution in [1.29, 1.82) is 0 Å². The van der Waals surface area contributed by atoms with E-state index in [1.165, 1.54) is 25.9 Å². The number of aromatic nitrogens is 3. The largest absolute Gasteiger partial charge is 0.328 e. The van der Waals surface area contributed by atoms with E-state index >= 15 is 0 Å². The summed E-state index contributed by atoms with van der Waals surface area (Å²) in [6.45, 7) is 6.52. The third-order valence-electron chi connectivity index (χ3n) is 4.28. The van der Waals surface area contributed by atoms with E-state index in [2.05, 4.69) is 26.6 Å². The standard InChI is InChI=1S/C13H23N5/c1-2-18-12(9-17-5-3-4-6-17)15-16-13(18)10-7-11(14)8-10/h10-11H,2-9,14H2,1H3. The van der Waals surface area contributed by atoms with E-state index in [4.69, 9.17) is 5.73 Å². The van der Waals surface area contributed by atoms with Gasteiger partial charge in [0.2, 0.25) is 0 Å². The number of hydrogen-bond donors (Lipinski definition) is 1. The van der Waals surface area contributed by atoms with Crippen molar-refractivity contribution in [1.82, 2.24) is 19.7 Å². The van der Waals surface area contributed by atoms with Gasteiger partial charge in [-0.2, -0.15) is 0 Å². The van der Waals surface area contributed by atoms with Gasteiger partial charge in [-0.15, -0.1) is 10.2 Å². The molecular formula is C13H23N5. The Labute approximate surface area is 108 Å². The Morgan fingerprint density at radius 3 is 2.56 bits per heavy atom. The van der Waals surface area contributed by atoms with Gasteiger partial charge < -0.3 is 10.3 Å². The summed E-state index contributed by atoms with van der Waals surface area (Å²) in [5.41, 5.74) is 5.87. The minimum Gasteiger partial charge on any atom is -0.328 e. The van der Waals surface area contributed by atoms with Crippen LogP contribution in [-0.4, -0.2) is 38.8 Å². The van der Waals surface area contributed by atoms with Crippen molar-refractivity contribution < 1.29 is 0 Å². The molecule has 2 fully saturated rings. The maximum Gasteiger partial charge on any atom is 0.147 e. The molecule has 18 heavy (non-hydrogen) atoms. The molecule has 0 bridgehead atoms. The van der Waals surface area contributed by atoms with E-state index in [1.807, 2.05) is 0 Å². The molecule has 2 aliphatic rings. The second-order valence-corrected chi connectivity index (χ2v) is 5.63. The van der Waals surface area contributed by atoms with Crippen LogP contribution in [0.5, 0.6) is 0 Å². The van der Waals surface area contributed by atoms with Gasteiger partial charge in [0, 0.05) is 18.5 Å². The van der Waals surface area contributed by atoms with Gasteiger partial charge in [-0.3, -0.25) is 4.90 Å². The lowest BCUT2D eigenvalue weighted by Gasteiger charge is -2.31. The molecule has 1 aliphatic carbocycles. The molecule has 1 aliphatic heterocycles. The molecule has 1 saturated heterocycles. The van der Waals surface area contributed by atoms with Crippen LogP contribution in [0, 0.1) is 0 Å². The maximum absolute atomic E-state index is 5.87. The van der Waals surface area contributed by atoms with Gasteiger partial charge in [0.15, 0.2) is 0 Å². The molecule has 3 rings (SSSR count). The lowest BCUT2D eigenvalue weighted by atomic mass is 9.80. The van der Waals surface area contributed by atoms with Crippen LogP contribution in [0.15, 0.2) is 0 Å². The first-order valence-electron chi connectivity index (χ1n) is 7.18. The van der Waals surface area contributed by atoms with Crippen LogP contribution in [0.3, 0.4) is 0 Å². The molecule has 0 unspecified atom stereocenters. The third kappa shape index (κ3) is 2.17. The molecule has 1 aromatic rings. The first-order valence-corrected chi connectivity index (χ1v) is 7.18. The highest BCUT2D eigenvalue weighted by Crippen LogP contribution is 2.34. The molecule has 0 aromatic carbocycles. The van der Waals surface area contributed by atoms with Crippen molar-refractivity contribution in [2.75, 3.05) is 13.1 Å². The summed E-state index contributed by atoms with van der Waals surface area (Å²) in [5, 5.41) is 8.83. The van der Waals surface area contributed by atoms with Gasteiger partial charge in [-0.05, 0) is 45.7 Å². The third-order valence-corrected chi connectivity index (χ3v) is 4.28. The molecule has 0 amide bonds. The molecule has 5 nitrogen and oxygen atoms in total. The van der Waals surface area contributed by atoms with Crippen molar-refractivity contribution in [2.45, 2.75) is 57.7 Å². The fourth-order valence-electron chi connectivity index (χ4n) is 3.13. The van der Waals surface area contributed by atoms with E-state index in [-0.39, 0.29) is 0 Å². The SMILES string of the molecule is CCn1c(CN2CCCC2)nnc1C1CC(N)C1. The maximum atomic E-state index is 5.87. The predicted octanol–water partition coefficient (Wildman–Crippen LogP) is 1.10. The Morgan fingerprint density at radius 1 is 1.22 bits per heavy atom. The monoisotopic (exact) mass is 249 g/mol. The van der Waals surface area contributed by atoms with E-state index in [9.17, 15) is 0 Å². The lowest BCUT2D eigenvalue weighted by Crippen LogP contribution is -2.36. The lowest BCUT2D eigenvalue weighted by molar-refractivity contribution is 0.308. The zero-order chi connectivity index (χ0) is 12.5. The topological polar surface area (TPSA) is 60.0 Å². The molecule has 0 spiro atoms. The molecule has 2 heterocycles. The Morgan fingerprint density at radius 2 is 1.94 bits per heavy atom. The number of nitrogens with two attached hydrogens (primary N) is 1. The quantitative estimate of drug-likeness (QED) is 0.868. The molecule has 100 valence electrons. The van der Waals surface area contributed by atoms with E-state index in [0.29, 0.717) is 12.0 Å². The Hall–Kier alpha value is -0.940. The average molecular weight is 249 g/mol. The zero-order valence-electron chi connectivity index (χ0n) is 11.2. The molecule has 1 aromatic heterocycles. The summed E-state index contributed by atoms with van der Waals surface area (Å²) < 4.78 is 2.30. The molecule has 5 heteroatoms. The Bertz CT molecular complexity index is 402. The molecule has 0 atom stereocenters. The minimum atomic E-state index is 0.374. The Balaban J connectivity index is 1.73. The second kappa shape index (κ2) is 4.97. The number of rotatable bonds is 4. The van der Waals surface area contributed by atoms with E-state index in [1.54, 1.807) is 0 Å². The van der Waals surface area contributed by atoms with Crippen molar-refractivity contribution in [2.24, 2.45) is 5.73 Å². The molecule has 0 radical (unpaired) electrons. The number of hydrogen-bond acceptors (Lipinski definition) is 4. The molecular weight excluding hydrogens is 226 g/mol. The smallest absolute Gasteiger partial charge is 0.147 e. The summed E-state index contributed by atoms with van der Waals surface area (Å²) in [6.07, 6.45) is 4.79. The van der Waals surface area contributed by atoms with Crippen LogP contribution >= 0.6 is 0 Å².